The first-order valence-electron chi connectivity index (χ1n) is 17.7. The summed E-state index contributed by atoms with van der Waals surface area (Å²) >= 11 is 0. The van der Waals surface area contributed by atoms with Crippen molar-refractivity contribution in [3.8, 4) is 33.6 Å². The number of benzene rings is 4. The topological polar surface area (TPSA) is 112 Å². The van der Waals surface area contributed by atoms with Crippen LogP contribution >= 0.6 is 0 Å². The molecule has 0 atom stereocenters. The van der Waals surface area contributed by atoms with Crippen LogP contribution in [-0.4, -0.2) is 20.4 Å². The Bertz CT molecular complexity index is 2550. The Labute approximate surface area is 295 Å². The highest BCUT2D eigenvalue weighted by atomic mass is 16.4. The van der Waals surface area contributed by atoms with Crippen molar-refractivity contribution in [3.05, 3.63) is 139 Å². The van der Waals surface area contributed by atoms with Crippen LogP contribution in [0.1, 0.15) is 64.9 Å². The van der Waals surface area contributed by atoms with Crippen LogP contribution in [0.2, 0.25) is 0 Å². The second-order valence-electron chi connectivity index (χ2n) is 13.6. The van der Waals surface area contributed by atoms with Gasteiger partial charge in [0.2, 0.25) is 5.82 Å². The predicted molar refractivity (Wildman–Crippen MR) is 200 cm³/mol. The van der Waals surface area contributed by atoms with Crippen molar-refractivity contribution in [3.63, 3.8) is 0 Å². The number of aromatic nitrogens is 4. The maximum atomic E-state index is 12.9. The first-order valence-corrected chi connectivity index (χ1v) is 17.7. The summed E-state index contributed by atoms with van der Waals surface area (Å²) < 4.78 is 11.4. The van der Waals surface area contributed by atoms with Gasteiger partial charge in [0.25, 0.3) is 0 Å². The number of rotatable bonds is 3. The molecule has 8 heteroatoms. The molecule has 0 aliphatic heterocycles. The Morgan fingerprint density at radius 2 is 0.941 bits per heavy atom. The fourth-order valence-electron chi connectivity index (χ4n) is 7.64. The van der Waals surface area contributed by atoms with Crippen molar-refractivity contribution in [1.29, 1.82) is 0 Å². The molecule has 7 aromatic rings. The Morgan fingerprint density at radius 3 is 1.47 bits per heavy atom. The average Bonchev–Trinajstić information content (AvgIpc) is 3.15. The molecule has 3 aromatic heterocycles. The molecule has 0 spiro atoms. The van der Waals surface area contributed by atoms with E-state index in [-0.39, 0.29) is 11.3 Å². The van der Waals surface area contributed by atoms with Crippen LogP contribution in [0.25, 0.3) is 55.6 Å². The number of fused-ring (bicyclic) bond motifs is 4. The quantitative estimate of drug-likeness (QED) is 0.171. The monoisotopic (exact) mass is 674 g/mol. The van der Waals surface area contributed by atoms with Crippen LogP contribution in [0.3, 0.4) is 0 Å². The molecule has 2 aliphatic carbocycles. The van der Waals surface area contributed by atoms with Gasteiger partial charge in [0.05, 0.1) is 11.1 Å². The van der Waals surface area contributed by atoms with Crippen molar-refractivity contribution in [2.24, 2.45) is 0 Å². The van der Waals surface area contributed by atoms with Crippen LogP contribution in [0.15, 0.2) is 97.3 Å². The molecule has 51 heavy (non-hydrogen) atoms. The van der Waals surface area contributed by atoms with Crippen LogP contribution < -0.4 is 11.3 Å². The lowest BCUT2D eigenvalue weighted by Gasteiger charge is -2.17. The molecule has 0 radical (unpaired) electrons. The van der Waals surface area contributed by atoms with Gasteiger partial charge in [-0.1, -0.05) is 48.5 Å². The van der Waals surface area contributed by atoms with E-state index < -0.39 is 0 Å². The zero-order valence-corrected chi connectivity index (χ0v) is 29.1. The summed E-state index contributed by atoms with van der Waals surface area (Å²) in [7, 11) is 0. The first kappa shape index (κ1) is 32.4. The molecule has 0 saturated heterocycles. The summed E-state index contributed by atoms with van der Waals surface area (Å²) in [6.07, 6.45) is 9.23. The Kier molecular flexibility index (Phi) is 8.60. The standard InChI is InChI=1S/C23H20N4O2.C20H18O2/c1-13-19-11-15-6-3-4-7-16(15)12-20(19)29-23(28)21(13)17-8-5-9-18(10-17)22-26-24-14(2)25-27-22;1-13-17-11-15-9-5-6-10-16(15)12-18(17)22-20(21)19(13)14-7-3-2-4-8-14/h5,8-12H,3-4,6-7H2,1-2H3;2-4,7-8,11-12H,5-6,9-10H2,1H3. The Hall–Kier alpha value is -5.76. The largest absolute Gasteiger partial charge is 0.422 e. The Balaban J connectivity index is 0.000000152. The molecule has 0 bridgehead atoms. The molecule has 0 unspecified atom stereocenters. The minimum absolute atomic E-state index is 0.244. The maximum Gasteiger partial charge on any atom is 0.344 e. The van der Waals surface area contributed by atoms with Gasteiger partial charge in [0.1, 0.15) is 11.2 Å². The van der Waals surface area contributed by atoms with Crippen molar-refractivity contribution < 1.29 is 8.83 Å². The molecule has 3 heterocycles. The van der Waals surface area contributed by atoms with Crippen LogP contribution in [0.4, 0.5) is 0 Å². The lowest BCUT2D eigenvalue weighted by atomic mass is 9.89. The van der Waals surface area contributed by atoms with Gasteiger partial charge in [-0.3, -0.25) is 0 Å². The van der Waals surface area contributed by atoms with E-state index in [9.17, 15) is 9.59 Å². The SMILES string of the molecule is Cc1c(-c2ccccc2)c(=O)oc2cc3c(cc12)CCCC3.Cc1nnc(-c2cccc(-c3c(C)c4cc5c(cc4oc3=O)CCCC5)c2)nn1. The highest BCUT2D eigenvalue weighted by Crippen LogP contribution is 2.34. The molecular formula is C43H38N4O4. The van der Waals surface area contributed by atoms with Gasteiger partial charge < -0.3 is 8.83 Å². The highest BCUT2D eigenvalue weighted by Gasteiger charge is 2.19. The van der Waals surface area contributed by atoms with Crippen molar-refractivity contribution in [2.75, 3.05) is 0 Å². The van der Waals surface area contributed by atoms with Gasteiger partial charge in [0, 0.05) is 16.3 Å². The van der Waals surface area contributed by atoms with Crippen molar-refractivity contribution >= 4 is 21.9 Å². The molecule has 0 N–H and O–H groups in total. The molecular weight excluding hydrogens is 636 g/mol. The van der Waals surface area contributed by atoms with Gasteiger partial charge in [-0.05, 0) is 147 Å². The van der Waals surface area contributed by atoms with Crippen LogP contribution in [0.5, 0.6) is 0 Å². The van der Waals surface area contributed by atoms with Gasteiger partial charge >= 0.3 is 11.3 Å². The number of nitrogens with zero attached hydrogens (tertiary/aromatic N) is 4. The van der Waals surface area contributed by atoms with Crippen LogP contribution in [-0.2, 0) is 25.7 Å². The summed E-state index contributed by atoms with van der Waals surface area (Å²) in [5, 5.41) is 18.2. The summed E-state index contributed by atoms with van der Waals surface area (Å²) in [4.78, 5) is 25.3. The second-order valence-corrected chi connectivity index (χ2v) is 13.6. The Morgan fingerprint density at radius 1 is 0.490 bits per heavy atom. The van der Waals surface area contributed by atoms with E-state index >= 15 is 0 Å². The number of aryl methyl sites for hydroxylation is 7. The molecule has 0 fully saturated rings. The van der Waals surface area contributed by atoms with E-state index in [1.54, 1.807) is 6.92 Å². The van der Waals surface area contributed by atoms with E-state index in [0.29, 0.717) is 28.4 Å². The highest BCUT2D eigenvalue weighted by molar-refractivity contribution is 5.89. The average molecular weight is 675 g/mol. The number of hydrogen-bond acceptors (Lipinski definition) is 8. The minimum atomic E-state index is -0.330. The fraction of sp³-hybridized carbons (Fsp3) is 0.256. The van der Waals surface area contributed by atoms with E-state index in [4.69, 9.17) is 8.83 Å². The summed E-state index contributed by atoms with van der Waals surface area (Å²) in [6.45, 7) is 5.75. The first-order chi connectivity index (χ1) is 24.8. The lowest BCUT2D eigenvalue weighted by Crippen LogP contribution is -2.08. The predicted octanol–water partition coefficient (Wildman–Crippen LogP) is 8.85. The lowest BCUT2D eigenvalue weighted by molar-refractivity contribution is 0.560. The molecule has 8 nitrogen and oxygen atoms in total. The zero-order valence-electron chi connectivity index (χ0n) is 29.1. The molecule has 4 aromatic carbocycles. The zero-order chi connectivity index (χ0) is 35.1. The van der Waals surface area contributed by atoms with Crippen LogP contribution in [0, 0.1) is 20.8 Å². The third-order valence-electron chi connectivity index (χ3n) is 10.3. The molecule has 254 valence electrons. The van der Waals surface area contributed by atoms with E-state index in [1.807, 2.05) is 68.4 Å². The van der Waals surface area contributed by atoms with Gasteiger partial charge in [-0.2, -0.15) is 0 Å². The number of hydrogen-bond donors (Lipinski definition) is 0. The molecule has 0 amide bonds. The van der Waals surface area contributed by atoms with E-state index in [1.165, 1.54) is 47.9 Å². The normalized spacial score (nSPS) is 13.7. The van der Waals surface area contributed by atoms with E-state index in [0.717, 1.165) is 69.9 Å². The maximum absolute atomic E-state index is 12.9. The second kappa shape index (κ2) is 13.5. The fourth-order valence-corrected chi connectivity index (χ4v) is 7.64. The minimum Gasteiger partial charge on any atom is -0.422 e. The molecule has 0 saturated carbocycles. The van der Waals surface area contributed by atoms with E-state index in [2.05, 4.69) is 44.7 Å². The van der Waals surface area contributed by atoms with Crippen molar-refractivity contribution in [2.45, 2.75) is 72.1 Å². The molecule has 2 aliphatic rings. The summed E-state index contributed by atoms with van der Waals surface area (Å²) in [5.41, 5.74) is 11.9. The van der Waals surface area contributed by atoms with Gasteiger partial charge in [-0.15, -0.1) is 20.4 Å². The van der Waals surface area contributed by atoms with Crippen molar-refractivity contribution in [1.82, 2.24) is 20.4 Å². The summed E-state index contributed by atoms with van der Waals surface area (Å²) in [5.74, 6) is 0.939. The van der Waals surface area contributed by atoms with Gasteiger partial charge in [-0.25, -0.2) is 9.59 Å². The third kappa shape index (κ3) is 6.27. The van der Waals surface area contributed by atoms with Gasteiger partial charge in [0.15, 0.2) is 5.82 Å². The molecule has 9 rings (SSSR count). The summed E-state index contributed by atoms with van der Waals surface area (Å²) in [6, 6.07) is 25.9. The third-order valence-corrected chi connectivity index (χ3v) is 10.3. The smallest absolute Gasteiger partial charge is 0.344 e.